The van der Waals surface area contributed by atoms with E-state index in [4.69, 9.17) is 16.3 Å². The van der Waals surface area contributed by atoms with Crippen molar-refractivity contribution in [1.29, 1.82) is 0 Å². The molecule has 0 spiro atoms. The van der Waals surface area contributed by atoms with Crippen LogP contribution < -0.4 is 15.4 Å². The van der Waals surface area contributed by atoms with E-state index in [0.717, 1.165) is 11.1 Å². The molecule has 0 bridgehead atoms. The Bertz CT molecular complexity index is 1730. The molecular weight excluding hydrogens is 591 g/mol. The predicted octanol–water partition coefficient (Wildman–Crippen LogP) is 4.14. The van der Waals surface area contributed by atoms with Gasteiger partial charge in [0, 0.05) is 53.0 Å². The van der Waals surface area contributed by atoms with Crippen LogP contribution in [-0.4, -0.2) is 61.9 Å². The average molecular weight is 621 g/mol. The maximum absolute atomic E-state index is 14.5. The number of hydrogen-bond donors (Lipinski definition) is 2. The molecule has 3 heterocycles. The number of alkyl halides is 1. The number of hydrogen-bond acceptors (Lipinski definition) is 7. The van der Waals surface area contributed by atoms with Gasteiger partial charge in [0.2, 0.25) is 11.8 Å². The molecular formula is C31H30ClFN6O5. The Morgan fingerprint density at radius 1 is 1.07 bits per heavy atom. The molecule has 2 aromatic carbocycles. The number of likely N-dealkylation sites (tertiary alicyclic amines) is 1. The van der Waals surface area contributed by atoms with Crippen LogP contribution in [0.2, 0.25) is 5.02 Å². The molecule has 0 saturated carbocycles. The zero-order chi connectivity index (χ0) is 31.4. The number of Topliss-reactive ketones (excluding diaryl/α,β-unsaturated/α-hetero) is 1. The number of carbonyl (C=O) groups excluding carboxylic acids is 4. The summed E-state index contributed by atoms with van der Waals surface area (Å²) in [5.74, 6) is -0.601. The standard InChI is InChI=1S/C31H30ClFN6O5/c1-18-20(5-3-6-25(18)32)13-36-30(42)27-11-21(33)15-39(27)29(41)17-38-16-24(19(2)40)23-12-22(7-8-26(23)38)44-31(43)37-14-28-34-9-4-10-35-28/h3-10,12,16,21,27H,11,13-15,17H2,1-2H3,(H,36,42)(H,37,43)/t21-,27+/m1/s1. The maximum Gasteiger partial charge on any atom is 0.412 e. The van der Waals surface area contributed by atoms with Crippen LogP contribution in [0.4, 0.5) is 9.18 Å². The lowest BCUT2D eigenvalue weighted by Gasteiger charge is -2.24. The van der Waals surface area contributed by atoms with Crippen LogP contribution in [0.1, 0.15) is 40.7 Å². The van der Waals surface area contributed by atoms with Crippen molar-refractivity contribution in [3.8, 4) is 5.75 Å². The summed E-state index contributed by atoms with van der Waals surface area (Å²) in [5.41, 5.74) is 2.49. The van der Waals surface area contributed by atoms with Gasteiger partial charge in [0.05, 0.1) is 13.1 Å². The molecule has 2 atom stereocenters. The lowest BCUT2D eigenvalue weighted by molar-refractivity contribution is -0.139. The molecule has 228 valence electrons. The third-order valence-corrected chi connectivity index (χ3v) is 7.87. The second kappa shape index (κ2) is 13.2. The van der Waals surface area contributed by atoms with Crippen molar-refractivity contribution in [2.24, 2.45) is 0 Å². The largest absolute Gasteiger partial charge is 0.412 e. The fourth-order valence-electron chi connectivity index (χ4n) is 5.16. The molecule has 44 heavy (non-hydrogen) atoms. The van der Waals surface area contributed by atoms with E-state index in [1.54, 1.807) is 41.2 Å². The fraction of sp³-hybridized carbons (Fsp3) is 0.290. The molecule has 5 rings (SSSR count). The molecule has 1 saturated heterocycles. The monoisotopic (exact) mass is 620 g/mol. The summed E-state index contributed by atoms with van der Waals surface area (Å²) in [6, 6.07) is 10.7. The van der Waals surface area contributed by atoms with Crippen LogP contribution >= 0.6 is 11.6 Å². The molecule has 1 aliphatic rings. The molecule has 3 amide bonds. The van der Waals surface area contributed by atoms with Crippen molar-refractivity contribution in [2.75, 3.05) is 6.54 Å². The van der Waals surface area contributed by atoms with E-state index < -0.39 is 30.1 Å². The number of nitrogens with one attached hydrogen (secondary N) is 2. The van der Waals surface area contributed by atoms with E-state index in [-0.39, 0.29) is 44.1 Å². The summed E-state index contributed by atoms with van der Waals surface area (Å²) >= 11 is 6.18. The molecule has 1 aliphatic heterocycles. The van der Waals surface area contributed by atoms with Crippen LogP contribution in [0, 0.1) is 6.92 Å². The molecule has 1 fully saturated rings. The maximum atomic E-state index is 14.5. The topological polar surface area (TPSA) is 136 Å². The zero-order valence-electron chi connectivity index (χ0n) is 24.0. The van der Waals surface area contributed by atoms with Crippen molar-refractivity contribution in [1.82, 2.24) is 30.1 Å². The van der Waals surface area contributed by atoms with Gasteiger partial charge in [-0.05, 0) is 55.3 Å². The Hall–Kier alpha value is -4.84. The first-order chi connectivity index (χ1) is 21.1. The molecule has 0 radical (unpaired) electrons. The van der Waals surface area contributed by atoms with Gasteiger partial charge in [-0.25, -0.2) is 19.2 Å². The van der Waals surface area contributed by atoms with Crippen molar-refractivity contribution in [3.05, 3.63) is 88.6 Å². The molecule has 4 aromatic rings. The third kappa shape index (κ3) is 6.86. The highest BCUT2D eigenvalue weighted by Crippen LogP contribution is 2.28. The second-order valence-corrected chi connectivity index (χ2v) is 10.9. The van der Waals surface area contributed by atoms with Crippen LogP contribution in [0.15, 0.2) is 61.1 Å². The number of ether oxygens (including phenoxy) is 1. The molecule has 11 nitrogen and oxygen atoms in total. The highest BCUT2D eigenvalue weighted by Gasteiger charge is 2.39. The van der Waals surface area contributed by atoms with Crippen LogP contribution in [0.25, 0.3) is 10.9 Å². The van der Waals surface area contributed by atoms with Gasteiger partial charge < -0.3 is 24.8 Å². The summed E-state index contributed by atoms with van der Waals surface area (Å²) in [7, 11) is 0. The molecule has 2 N–H and O–H groups in total. The molecule has 2 aromatic heterocycles. The molecule has 0 aliphatic carbocycles. The predicted molar refractivity (Wildman–Crippen MR) is 160 cm³/mol. The number of ketones is 1. The van der Waals surface area contributed by atoms with Gasteiger partial charge >= 0.3 is 6.09 Å². The lowest BCUT2D eigenvalue weighted by Crippen LogP contribution is -2.46. The first-order valence-electron chi connectivity index (χ1n) is 13.9. The van der Waals surface area contributed by atoms with Gasteiger partial charge in [0.15, 0.2) is 5.78 Å². The van der Waals surface area contributed by atoms with Gasteiger partial charge in [0.1, 0.15) is 30.3 Å². The van der Waals surface area contributed by atoms with Gasteiger partial charge in [-0.1, -0.05) is 23.7 Å². The number of carbonyl (C=O) groups is 4. The molecule has 0 unspecified atom stereocenters. The van der Waals surface area contributed by atoms with Crippen molar-refractivity contribution < 1.29 is 28.3 Å². The van der Waals surface area contributed by atoms with Crippen molar-refractivity contribution in [3.63, 3.8) is 0 Å². The minimum Gasteiger partial charge on any atom is -0.410 e. The summed E-state index contributed by atoms with van der Waals surface area (Å²) in [6.07, 6.45) is 2.44. The normalized spacial score (nSPS) is 16.1. The summed E-state index contributed by atoms with van der Waals surface area (Å²) in [5, 5.41) is 6.40. The summed E-state index contributed by atoms with van der Waals surface area (Å²) in [4.78, 5) is 60.6. The quantitative estimate of drug-likeness (QED) is 0.269. The van der Waals surface area contributed by atoms with Crippen molar-refractivity contribution >= 4 is 46.2 Å². The summed E-state index contributed by atoms with van der Waals surface area (Å²) in [6.45, 7) is 3.03. The van der Waals surface area contributed by atoms with Gasteiger partial charge in [-0.3, -0.25) is 14.4 Å². The Labute approximate surface area is 257 Å². The Balaban J connectivity index is 1.28. The number of nitrogens with zero attached hydrogens (tertiary/aromatic N) is 4. The number of aromatic nitrogens is 3. The van der Waals surface area contributed by atoms with E-state index in [1.165, 1.54) is 30.2 Å². The number of amides is 3. The Kier molecular flexibility index (Phi) is 9.19. The van der Waals surface area contributed by atoms with E-state index in [0.29, 0.717) is 27.3 Å². The SMILES string of the molecule is CC(=O)c1cn(CC(=O)N2C[C@H](F)C[C@H]2C(=O)NCc2cccc(Cl)c2C)c2ccc(OC(=O)NCc3ncccn3)cc12. The Morgan fingerprint density at radius 2 is 1.84 bits per heavy atom. The highest BCUT2D eigenvalue weighted by atomic mass is 35.5. The van der Waals surface area contributed by atoms with E-state index in [1.807, 2.05) is 13.0 Å². The van der Waals surface area contributed by atoms with E-state index >= 15 is 0 Å². The lowest BCUT2D eigenvalue weighted by atomic mass is 10.1. The smallest absolute Gasteiger partial charge is 0.410 e. The third-order valence-electron chi connectivity index (χ3n) is 7.46. The van der Waals surface area contributed by atoms with Gasteiger partial charge in [0.25, 0.3) is 0 Å². The van der Waals surface area contributed by atoms with Crippen LogP contribution in [0.3, 0.4) is 0 Å². The van der Waals surface area contributed by atoms with Crippen LogP contribution in [0.5, 0.6) is 5.75 Å². The number of fused-ring (bicyclic) bond motifs is 1. The number of halogens is 2. The second-order valence-electron chi connectivity index (χ2n) is 10.5. The van der Waals surface area contributed by atoms with E-state index in [2.05, 4.69) is 20.6 Å². The first kappa shape index (κ1) is 30.6. The molecule has 13 heteroatoms. The van der Waals surface area contributed by atoms with Gasteiger partial charge in [-0.15, -0.1) is 0 Å². The highest BCUT2D eigenvalue weighted by molar-refractivity contribution is 6.31. The zero-order valence-corrected chi connectivity index (χ0v) is 24.8. The van der Waals surface area contributed by atoms with Gasteiger partial charge in [-0.2, -0.15) is 0 Å². The van der Waals surface area contributed by atoms with Crippen LogP contribution in [-0.2, 0) is 29.2 Å². The minimum atomic E-state index is -1.35. The number of rotatable bonds is 9. The minimum absolute atomic E-state index is 0.0641. The number of benzene rings is 2. The van der Waals surface area contributed by atoms with Crippen molar-refractivity contribution in [2.45, 2.75) is 52.1 Å². The summed E-state index contributed by atoms with van der Waals surface area (Å²) < 4.78 is 21.5. The fourth-order valence-corrected chi connectivity index (χ4v) is 5.35. The average Bonchev–Trinajstić information content (AvgIpc) is 3.57. The Morgan fingerprint density at radius 3 is 2.59 bits per heavy atom. The first-order valence-corrected chi connectivity index (χ1v) is 14.3. The van der Waals surface area contributed by atoms with E-state index in [9.17, 15) is 23.6 Å².